The first-order valence-corrected chi connectivity index (χ1v) is 5.89. The molecule has 0 aliphatic carbocycles. The molecule has 19 heavy (non-hydrogen) atoms. The molecule has 4 nitrogen and oxygen atoms in total. The predicted molar refractivity (Wildman–Crippen MR) is 71.2 cm³/mol. The van der Waals surface area contributed by atoms with Gasteiger partial charge in [0, 0.05) is 29.9 Å². The highest BCUT2D eigenvalue weighted by Gasteiger charge is 2.13. The van der Waals surface area contributed by atoms with Crippen LogP contribution >= 0.6 is 0 Å². The van der Waals surface area contributed by atoms with Gasteiger partial charge in [-0.15, -0.1) is 0 Å². The molecule has 0 N–H and O–H groups in total. The van der Waals surface area contributed by atoms with Crippen LogP contribution in [0.4, 0.5) is 0 Å². The summed E-state index contributed by atoms with van der Waals surface area (Å²) in [5.74, 6) is -0.0476. The van der Waals surface area contributed by atoms with Crippen molar-refractivity contribution in [2.75, 3.05) is 0 Å². The van der Waals surface area contributed by atoms with Crippen LogP contribution in [0.25, 0.3) is 11.0 Å². The number of carbonyl (C=O) groups excluding carboxylic acids is 1. The fraction of sp³-hybridized carbons (Fsp3) is 0.0667. The van der Waals surface area contributed by atoms with E-state index < -0.39 is 0 Å². The van der Waals surface area contributed by atoms with Crippen molar-refractivity contribution < 1.29 is 9.21 Å². The van der Waals surface area contributed by atoms with Crippen molar-refractivity contribution >= 4 is 16.8 Å². The lowest BCUT2D eigenvalue weighted by atomic mass is 10.1. The second-order valence-corrected chi connectivity index (χ2v) is 4.27. The molecule has 94 valence electrons. The SMILES string of the molecule is O=C(Cn1ccc(=O)cc1)c1coc2ccccc12. The minimum Gasteiger partial charge on any atom is -0.464 e. The second-order valence-electron chi connectivity index (χ2n) is 4.27. The van der Waals surface area contributed by atoms with Crippen molar-refractivity contribution in [2.24, 2.45) is 0 Å². The molecular weight excluding hydrogens is 242 g/mol. The van der Waals surface area contributed by atoms with E-state index in [4.69, 9.17) is 4.42 Å². The summed E-state index contributed by atoms with van der Waals surface area (Å²) in [7, 11) is 0. The van der Waals surface area contributed by atoms with Crippen LogP contribution < -0.4 is 5.43 Å². The number of ketones is 1. The third-order valence-corrected chi connectivity index (χ3v) is 2.97. The average Bonchev–Trinajstić information content (AvgIpc) is 2.85. The Morgan fingerprint density at radius 2 is 1.84 bits per heavy atom. The van der Waals surface area contributed by atoms with E-state index in [1.807, 2.05) is 24.3 Å². The lowest BCUT2D eigenvalue weighted by Gasteiger charge is -2.03. The number of pyridine rings is 1. The van der Waals surface area contributed by atoms with Crippen LogP contribution in [0.15, 0.2) is 64.3 Å². The Morgan fingerprint density at radius 3 is 2.63 bits per heavy atom. The molecule has 3 rings (SSSR count). The maximum Gasteiger partial charge on any atom is 0.186 e. The van der Waals surface area contributed by atoms with E-state index in [1.54, 1.807) is 17.0 Å². The highest BCUT2D eigenvalue weighted by Crippen LogP contribution is 2.21. The molecule has 0 aliphatic heterocycles. The molecule has 2 aromatic heterocycles. The molecule has 0 spiro atoms. The summed E-state index contributed by atoms with van der Waals surface area (Å²) in [4.78, 5) is 23.2. The molecule has 0 atom stereocenters. The van der Waals surface area contributed by atoms with Crippen LogP contribution in [-0.2, 0) is 6.54 Å². The normalized spacial score (nSPS) is 10.7. The van der Waals surface area contributed by atoms with Gasteiger partial charge in [0.25, 0.3) is 0 Å². The molecule has 0 bridgehead atoms. The molecule has 0 unspecified atom stereocenters. The maximum absolute atomic E-state index is 12.2. The Labute approximate surface area is 108 Å². The Morgan fingerprint density at radius 1 is 1.11 bits per heavy atom. The molecule has 0 fully saturated rings. The van der Waals surface area contributed by atoms with E-state index in [0.717, 1.165) is 5.39 Å². The van der Waals surface area contributed by atoms with Gasteiger partial charge in [-0.2, -0.15) is 0 Å². The van der Waals surface area contributed by atoms with Crippen molar-refractivity contribution in [1.29, 1.82) is 0 Å². The number of aromatic nitrogens is 1. The van der Waals surface area contributed by atoms with Crippen molar-refractivity contribution in [3.05, 3.63) is 70.8 Å². The lowest BCUT2D eigenvalue weighted by Crippen LogP contribution is -2.11. The number of para-hydroxylation sites is 1. The van der Waals surface area contributed by atoms with E-state index in [1.165, 1.54) is 18.4 Å². The zero-order valence-corrected chi connectivity index (χ0v) is 10.1. The van der Waals surface area contributed by atoms with Gasteiger partial charge in [0.05, 0.1) is 12.1 Å². The monoisotopic (exact) mass is 253 g/mol. The molecule has 2 heterocycles. The van der Waals surface area contributed by atoms with Crippen molar-refractivity contribution in [3.63, 3.8) is 0 Å². The standard InChI is InChI=1S/C15H11NO3/c17-11-5-7-16(8-6-11)9-14(18)13-10-19-15-4-2-1-3-12(13)15/h1-8,10H,9H2. The Kier molecular flexibility index (Phi) is 2.76. The first kappa shape index (κ1) is 11.5. The summed E-state index contributed by atoms with van der Waals surface area (Å²) in [5, 5.41) is 0.813. The number of hydrogen-bond acceptors (Lipinski definition) is 3. The maximum atomic E-state index is 12.2. The molecular formula is C15H11NO3. The molecule has 0 amide bonds. The zero-order chi connectivity index (χ0) is 13.2. The number of furan rings is 1. The number of benzene rings is 1. The summed E-state index contributed by atoms with van der Waals surface area (Å²) in [6.45, 7) is 0.184. The van der Waals surface area contributed by atoms with Gasteiger partial charge in [0.15, 0.2) is 11.2 Å². The summed E-state index contributed by atoms with van der Waals surface area (Å²) >= 11 is 0. The highest BCUT2D eigenvalue weighted by atomic mass is 16.3. The molecule has 0 saturated heterocycles. The van der Waals surface area contributed by atoms with Crippen molar-refractivity contribution in [2.45, 2.75) is 6.54 Å². The van der Waals surface area contributed by atoms with Crippen LogP contribution in [0, 0.1) is 0 Å². The first-order chi connectivity index (χ1) is 9.24. The Hall–Kier alpha value is -2.62. The van der Waals surface area contributed by atoms with Crippen LogP contribution in [0.3, 0.4) is 0 Å². The van der Waals surface area contributed by atoms with Gasteiger partial charge >= 0.3 is 0 Å². The number of Topliss-reactive ketones (excluding diaryl/α,β-unsaturated/α-hetero) is 1. The molecule has 1 aromatic carbocycles. The van der Waals surface area contributed by atoms with Gasteiger partial charge in [-0.25, -0.2) is 0 Å². The summed E-state index contributed by atoms with van der Waals surface area (Å²) in [6, 6.07) is 10.3. The summed E-state index contributed by atoms with van der Waals surface area (Å²) < 4.78 is 7.02. The van der Waals surface area contributed by atoms with Crippen molar-refractivity contribution in [3.8, 4) is 0 Å². The third-order valence-electron chi connectivity index (χ3n) is 2.97. The number of carbonyl (C=O) groups is 1. The minimum absolute atomic E-state index is 0.0476. The number of hydrogen-bond donors (Lipinski definition) is 0. The molecule has 0 aliphatic rings. The largest absolute Gasteiger partial charge is 0.464 e. The van der Waals surface area contributed by atoms with E-state index >= 15 is 0 Å². The third kappa shape index (κ3) is 2.20. The number of rotatable bonds is 3. The number of nitrogens with zero attached hydrogens (tertiary/aromatic N) is 1. The fourth-order valence-electron chi connectivity index (χ4n) is 1.99. The molecule has 4 heteroatoms. The van der Waals surface area contributed by atoms with E-state index in [9.17, 15) is 9.59 Å². The minimum atomic E-state index is -0.0718. The Balaban J connectivity index is 1.92. The van der Waals surface area contributed by atoms with Crippen LogP contribution in [-0.4, -0.2) is 10.4 Å². The molecule has 0 saturated carbocycles. The topological polar surface area (TPSA) is 52.2 Å². The van der Waals surface area contributed by atoms with Gasteiger partial charge in [0.1, 0.15) is 11.8 Å². The fourth-order valence-corrected chi connectivity index (χ4v) is 1.99. The zero-order valence-electron chi connectivity index (χ0n) is 10.1. The van der Waals surface area contributed by atoms with Crippen LogP contribution in [0.5, 0.6) is 0 Å². The van der Waals surface area contributed by atoms with Crippen molar-refractivity contribution in [1.82, 2.24) is 4.57 Å². The predicted octanol–water partition coefficient (Wildman–Crippen LogP) is 2.48. The molecule has 0 radical (unpaired) electrons. The van der Waals surface area contributed by atoms with Gasteiger partial charge in [-0.05, 0) is 6.07 Å². The van der Waals surface area contributed by atoms with E-state index in [-0.39, 0.29) is 17.8 Å². The molecule has 3 aromatic rings. The van der Waals surface area contributed by atoms with Gasteiger partial charge in [-0.1, -0.05) is 18.2 Å². The van der Waals surface area contributed by atoms with Gasteiger partial charge in [0.2, 0.25) is 0 Å². The van der Waals surface area contributed by atoms with Crippen LogP contribution in [0.1, 0.15) is 10.4 Å². The highest BCUT2D eigenvalue weighted by molar-refractivity contribution is 6.06. The van der Waals surface area contributed by atoms with Gasteiger partial charge < -0.3 is 8.98 Å². The second kappa shape index (κ2) is 4.57. The van der Waals surface area contributed by atoms with E-state index in [2.05, 4.69) is 0 Å². The quantitative estimate of drug-likeness (QED) is 0.674. The summed E-state index contributed by atoms with van der Waals surface area (Å²) in [5.41, 5.74) is 1.19. The van der Waals surface area contributed by atoms with Crippen LogP contribution in [0.2, 0.25) is 0 Å². The number of fused-ring (bicyclic) bond motifs is 1. The summed E-state index contributed by atoms with van der Waals surface area (Å²) in [6.07, 6.45) is 4.68. The Bertz CT molecular complexity index is 778. The van der Waals surface area contributed by atoms with E-state index in [0.29, 0.717) is 11.1 Å². The first-order valence-electron chi connectivity index (χ1n) is 5.89. The smallest absolute Gasteiger partial charge is 0.186 e. The van der Waals surface area contributed by atoms with Gasteiger partial charge in [-0.3, -0.25) is 9.59 Å². The lowest BCUT2D eigenvalue weighted by molar-refractivity contribution is 0.0972. The average molecular weight is 253 g/mol.